The Kier molecular flexibility index (Phi) is 12.9. The highest BCUT2D eigenvalue weighted by atomic mass is 16.1. The van der Waals surface area contributed by atoms with Gasteiger partial charge in [0, 0.05) is 38.8 Å². The first-order valence-electron chi connectivity index (χ1n) is 8.94. The van der Waals surface area contributed by atoms with Crippen molar-refractivity contribution in [2.45, 2.75) is 12.8 Å². The molecule has 1 aromatic rings. The Morgan fingerprint density at radius 3 is 1.54 bits per heavy atom. The molecule has 1 amide bonds. The van der Waals surface area contributed by atoms with E-state index in [1.165, 1.54) is 12.8 Å². The van der Waals surface area contributed by atoms with Gasteiger partial charge in [-0.25, -0.2) is 0 Å². The van der Waals surface area contributed by atoms with E-state index in [0.717, 1.165) is 52.4 Å². The fraction of sp³-hybridized carbons (Fsp3) is 0.611. The van der Waals surface area contributed by atoms with E-state index < -0.39 is 0 Å². The molecule has 0 aliphatic carbocycles. The molecule has 136 valence electrons. The van der Waals surface area contributed by atoms with E-state index in [4.69, 9.17) is 0 Å². The minimum Gasteiger partial charge on any atom is -0.355 e. The average molecular weight is 335 g/mol. The number of carbonyl (C=O) groups is 1. The van der Waals surface area contributed by atoms with E-state index in [2.05, 4.69) is 26.6 Å². The second kappa shape index (κ2) is 15.1. The molecule has 0 bridgehead atoms. The molecule has 0 atom stereocenters. The average Bonchev–Trinajstić information content (AvgIpc) is 2.64. The third kappa shape index (κ3) is 11.1. The minimum atomic E-state index is -0.0411. The molecule has 1 fully saturated rings. The van der Waals surface area contributed by atoms with Gasteiger partial charge in [0.05, 0.1) is 0 Å². The van der Waals surface area contributed by atoms with E-state index in [9.17, 15) is 4.79 Å². The van der Waals surface area contributed by atoms with Crippen molar-refractivity contribution in [3.63, 3.8) is 0 Å². The summed E-state index contributed by atoms with van der Waals surface area (Å²) in [5.41, 5.74) is 0.699. The van der Waals surface area contributed by atoms with Crippen LogP contribution in [0.1, 0.15) is 23.2 Å². The first kappa shape index (κ1) is 20.6. The molecule has 0 radical (unpaired) electrons. The molecule has 0 spiro atoms. The van der Waals surface area contributed by atoms with Crippen molar-refractivity contribution in [1.29, 1.82) is 0 Å². The normalized spacial score (nSPS) is 17.7. The Bertz CT molecular complexity index is 360. The van der Waals surface area contributed by atoms with Crippen molar-refractivity contribution in [3.05, 3.63) is 35.9 Å². The SMILES string of the molecule is C1CNCCNCCCNCCNC1.CNC(=O)c1ccccc1. The zero-order valence-corrected chi connectivity index (χ0v) is 14.9. The lowest BCUT2D eigenvalue weighted by Gasteiger charge is -2.10. The molecule has 0 aromatic heterocycles. The second-order valence-corrected chi connectivity index (χ2v) is 5.65. The van der Waals surface area contributed by atoms with Crippen molar-refractivity contribution in [2.24, 2.45) is 0 Å². The van der Waals surface area contributed by atoms with Gasteiger partial charge in [-0.3, -0.25) is 4.79 Å². The Balaban J connectivity index is 0.000000254. The number of carbonyl (C=O) groups excluding carboxylic acids is 1. The highest BCUT2D eigenvalue weighted by molar-refractivity contribution is 5.93. The molecule has 0 saturated carbocycles. The van der Waals surface area contributed by atoms with Gasteiger partial charge in [0.2, 0.25) is 0 Å². The quantitative estimate of drug-likeness (QED) is 0.506. The Morgan fingerprint density at radius 2 is 1.17 bits per heavy atom. The zero-order valence-electron chi connectivity index (χ0n) is 14.9. The van der Waals surface area contributed by atoms with E-state index in [-0.39, 0.29) is 5.91 Å². The molecule has 6 nitrogen and oxygen atoms in total. The summed E-state index contributed by atoms with van der Waals surface area (Å²) in [7, 11) is 1.62. The van der Waals surface area contributed by atoms with Crippen LogP contribution in [0, 0.1) is 0 Å². The van der Waals surface area contributed by atoms with Crippen molar-refractivity contribution in [2.75, 3.05) is 59.4 Å². The largest absolute Gasteiger partial charge is 0.355 e. The highest BCUT2D eigenvalue weighted by Gasteiger charge is 1.98. The first-order chi connectivity index (χ1) is 11.8. The predicted molar refractivity (Wildman–Crippen MR) is 101 cm³/mol. The van der Waals surface area contributed by atoms with Crippen LogP contribution in [0.25, 0.3) is 0 Å². The molecule has 1 heterocycles. The summed E-state index contributed by atoms with van der Waals surface area (Å²) in [5, 5.41) is 16.2. The van der Waals surface area contributed by atoms with Gasteiger partial charge < -0.3 is 26.6 Å². The maximum atomic E-state index is 10.9. The van der Waals surface area contributed by atoms with Gasteiger partial charge in [0.15, 0.2) is 0 Å². The van der Waals surface area contributed by atoms with Crippen LogP contribution in [-0.2, 0) is 0 Å². The van der Waals surface area contributed by atoms with Crippen LogP contribution >= 0.6 is 0 Å². The maximum absolute atomic E-state index is 10.9. The summed E-state index contributed by atoms with van der Waals surface area (Å²) in [5.74, 6) is -0.0411. The lowest BCUT2D eigenvalue weighted by Crippen LogP contribution is -2.34. The van der Waals surface area contributed by atoms with Gasteiger partial charge >= 0.3 is 0 Å². The molecular weight excluding hydrogens is 302 g/mol. The smallest absolute Gasteiger partial charge is 0.251 e. The van der Waals surface area contributed by atoms with Gasteiger partial charge in [0.25, 0.3) is 5.91 Å². The van der Waals surface area contributed by atoms with Crippen LogP contribution in [-0.4, -0.2) is 65.3 Å². The summed E-state index contributed by atoms with van der Waals surface area (Å²) in [6.45, 7) is 8.87. The van der Waals surface area contributed by atoms with Crippen LogP contribution in [0.4, 0.5) is 0 Å². The Hall–Kier alpha value is -1.47. The van der Waals surface area contributed by atoms with Crippen molar-refractivity contribution in [3.8, 4) is 0 Å². The van der Waals surface area contributed by atoms with Crippen molar-refractivity contribution < 1.29 is 4.79 Å². The monoisotopic (exact) mass is 335 g/mol. The van der Waals surface area contributed by atoms with Crippen LogP contribution in [0.3, 0.4) is 0 Å². The summed E-state index contributed by atoms with van der Waals surface area (Å²) in [6, 6.07) is 9.11. The Morgan fingerprint density at radius 1 is 0.750 bits per heavy atom. The molecular formula is C18H33N5O. The van der Waals surface area contributed by atoms with Gasteiger partial charge in [-0.2, -0.15) is 0 Å². The predicted octanol–water partition coefficient (Wildman–Crippen LogP) is 0.185. The van der Waals surface area contributed by atoms with Crippen LogP contribution in [0.2, 0.25) is 0 Å². The molecule has 5 N–H and O–H groups in total. The number of hydrogen-bond donors (Lipinski definition) is 5. The van der Waals surface area contributed by atoms with Crippen LogP contribution in [0.5, 0.6) is 0 Å². The van der Waals surface area contributed by atoms with Gasteiger partial charge in [-0.05, 0) is 51.2 Å². The van der Waals surface area contributed by atoms with E-state index in [1.807, 2.05) is 18.2 Å². The standard InChI is InChI=1S/C10H24N4.C8H9NO/c1-3-11-7-9-13-5-2-6-14-10-8-12-4-1;1-9-8(10)7-5-3-2-4-6-7/h11-14H,1-10H2;2-6H,1H3,(H,9,10). The molecule has 6 heteroatoms. The second-order valence-electron chi connectivity index (χ2n) is 5.65. The molecule has 24 heavy (non-hydrogen) atoms. The van der Waals surface area contributed by atoms with Crippen molar-refractivity contribution in [1.82, 2.24) is 26.6 Å². The number of hydrogen-bond acceptors (Lipinski definition) is 5. The highest BCUT2D eigenvalue weighted by Crippen LogP contribution is 1.96. The summed E-state index contributed by atoms with van der Waals surface area (Å²) < 4.78 is 0. The van der Waals surface area contributed by atoms with Crippen LogP contribution in [0.15, 0.2) is 30.3 Å². The summed E-state index contributed by atoms with van der Waals surface area (Å²) in [6.07, 6.45) is 2.44. The number of amides is 1. The molecule has 0 unspecified atom stereocenters. The lowest BCUT2D eigenvalue weighted by molar-refractivity contribution is 0.0963. The molecule has 1 saturated heterocycles. The van der Waals surface area contributed by atoms with Crippen LogP contribution < -0.4 is 26.6 Å². The van der Waals surface area contributed by atoms with E-state index in [1.54, 1.807) is 19.2 Å². The minimum absolute atomic E-state index is 0.0411. The summed E-state index contributed by atoms with van der Waals surface area (Å²) in [4.78, 5) is 10.9. The Labute approximate surface area is 146 Å². The molecule has 2 rings (SSSR count). The number of rotatable bonds is 1. The molecule has 1 aliphatic heterocycles. The van der Waals surface area contributed by atoms with Gasteiger partial charge in [-0.15, -0.1) is 0 Å². The van der Waals surface area contributed by atoms with Gasteiger partial charge in [0.1, 0.15) is 0 Å². The maximum Gasteiger partial charge on any atom is 0.251 e. The number of nitrogens with one attached hydrogen (secondary N) is 5. The van der Waals surface area contributed by atoms with E-state index >= 15 is 0 Å². The molecule has 1 aliphatic rings. The zero-order chi connectivity index (χ0) is 17.3. The third-order valence-electron chi connectivity index (χ3n) is 3.63. The third-order valence-corrected chi connectivity index (χ3v) is 3.63. The fourth-order valence-corrected chi connectivity index (χ4v) is 2.26. The van der Waals surface area contributed by atoms with Crippen molar-refractivity contribution >= 4 is 5.91 Å². The lowest BCUT2D eigenvalue weighted by atomic mass is 10.2. The first-order valence-corrected chi connectivity index (χ1v) is 8.94. The summed E-state index contributed by atoms with van der Waals surface area (Å²) >= 11 is 0. The number of benzene rings is 1. The van der Waals surface area contributed by atoms with Gasteiger partial charge in [-0.1, -0.05) is 18.2 Å². The molecule has 1 aromatic carbocycles. The fourth-order valence-electron chi connectivity index (χ4n) is 2.26. The topological polar surface area (TPSA) is 77.2 Å². The van der Waals surface area contributed by atoms with E-state index in [0.29, 0.717) is 5.56 Å².